The highest BCUT2D eigenvalue weighted by atomic mass is 31.1. The molecule has 0 aliphatic carbocycles. The van der Waals surface area contributed by atoms with Crippen molar-refractivity contribution in [2.75, 3.05) is 6.54 Å². The Kier molecular flexibility index (Phi) is 8.54. The van der Waals surface area contributed by atoms with Crippen LogP contribution >= 0.6 is 8.58 Å². The second-order valence-corrected chi connectivity index (χ2v) is 11.3. The maximum Gasteiger partial charge on any atom is 0.122 e. The van der Waals surface area contributed by atoms with Gasteiger partial charge in [-0.15, -0.1) is 0 Å². The molecule has 2 unspecified atom stereocenters. The summed E-state index contributed by atoms with van der Waals surface area (Å²) in [6.07, 6.45) is 3.21. The Morgan fingerprint density at radius 3 is 2.27 bits per heavy atom. The molecule has 2 aromatic rings. The van der Waals surface area contributed by atoms with E-state index in [1.54, 1.807) is 0 Å². The molecule has 0 saturated carbocycles. The lowest BCUT2D eigenvalue weighted by Gasteiger charge is -2.37. The molecule has 0 saturated heterocycles. The molecule has 0 radical (unpaired) electrons. The summed E-state index contributed by atoms with van der Waals surface area (Å²) >= 11 is 0. The van der Waals surface area contributed by atoms with Gasteiger partial charge < -0.3 is 10.4 Å². The third-order valence-corrected chi connectivity index (χ3v) is 8.57. The Morgan fingerprint density at radius 1 is 1.00 bits per heavy atom. The highest BCUT2D eigenvalue weighted by Crippen LogP contribution is 2.52. The Bertz CT molecular complexity index is 853. The standard InChI is InChI=1S/C27H42NOP/c1-9-15-27(10-2,23-17-22(26(6,7)8)16-20(5)24(23)29)30-25-19(4)13-12-14-21(25)18-28-11-3/h12-14,16-17,28-30H,9-11,15,18H2,1-8H3. The molecule has 3 heteroatoms. The van der Waals surface area contributed by atoms with E-state index < -0.39 is 0 Å². The molecule has 2 rings (SSSR count). The number of aryl methyl sites for hydroxylation is 2. The van der Waals surface area contributed by atoms with Crippen molar-refractivity contribution < 1.29 is 5.11 Å². The zero-order valence-electron chi connectivity index (χ0n) is 20.4. The van der Waals surface area contributed by atoms with Crippen LogP contribution in [0, 0.1) is 13.8 Å². The normalized spacial score (nSPS) is 14.4. The van der Waals surface area contributed by atoms with Crippen molar-refractivity contribution in [1.82, 2.24) is 5.32 Å². The van der Waals surface area contributed by atoms with Crippen molar-refractivity contribution >= 4 is 13.9 Å². The average Bonchev–Trinajstić information content (AvgIpc) is 2.69. The van der Waals surface area contributed by atoms with Crippen LogP contribution in [0.15, 0.2) is 30.3 Å². The van der Waals surface area contributed by atoms with Gasteiger partial charge in [-0.25, -0.2) is 0 Å². The zero-order valence-corrected chi connectivity index (χ0v) is 21.4. The molecule has 2 N–H and O–H groups in total. The quantitative estimate of drug-likeness (QED) is 0.430. The van der Waals surface area contributed by atoms with Crippen LogP contribution in [-0.4, -0.2) is 11.7 Å². The van der Waals surface area contributed by atoms with E-state index in [4.69, 9.17) is 0 Å². The highest BCUT2D eigenvalue weighted by Gasteiger charge is 2.35. The molecule has 0 aliphatic heterocycles. The minimum Gasteiger partial charge on any atom is -0.507 e. The fourth-order valence-corrected chi connectivity index (χ4v) is 6.25. The third-order valence-electron chi connectivity index (χ3n) is 6.25. The first kappa shape index (κ1) is 24.9. The van der Waals surface area contributed by atoms with Crippen molar-refractivity contribution in [3.05, 3.63) is 58.1 Å². The van der Waals surface area contributed by atoms with E-state index in [-0.39, 0.29) is 10.6 Å². The summed E-state index contributed by atoms with van der Waals surface area (Å²) in [5.74, 6) is 0.493. The minimum absolute atomic E-state index is 0.0437. The van der Waals surface area contributed by atoms with Crippen molar-refractivity contribution in [2.24, 2.45) is 0 Å². The van der Waals surface area contributed by atoms with E-state index in [1.165, 1.54) is 22.0 Å². The summed E-state index contributed by atoms with van der Waals surface area (Å²) in [5, 5.41) is 16.2. The maximum absolute atomic E-state index is 11.2. The van der Waals surface area contributed by atoms with E-state index in [2.05, 4.69) is 84.1 Å². The molecule has 30 heavy (non-hydrogen) atoms. The van der Waals surface area contributed by atoms with Gasteiger partial charge in [0.25, 0.3) is 0 Å². The van der Waals surface area contributed by atoms with Crippen LogP contribution in [0.1, 0.15) is 88.6 Å². The first-order valence-corrected chi connectivity index (χ1v) is 12.5. The average molecular weight is 428 g/mol. The minimum atomic E-state index is -0.0437. The van der Waals surface area contributed by atoms with E-state index >= 15 is 0 Å². The molecule has 0 aromatic heterocycles. The van der Waals surface area contributed by atoms with Gasteiger partial charge in [0.2, 0.25) is 0 Å². The van der Waals surface area contributed by atoms with Gasteiger partial charge in [0.1, 0.15) is 5.75 Å². The third kappa shape index (κ3) is 5.45. The number of phenols is 1. The van der Waals surface area contributed by atoms with E-state index in [0.29, 0.717) is 14.3 Å². The number of phenolic OH excluding ortho intramolecular Hbond substituents is 1. The van der Waals surface area contributed by atoms with E-state index in [0.717, 1.165) is 43.5 Å². The lowest BCUT2D eigenvalue weighted by Crippen LogP contribution is -2.27. The van der Waals surface area contributed by atoms with Crippen molar-refractivity contribution in [2.45, 2.75) is 91.8 Å². The maximum atomic E-state index is 11.2. The fourth-order valence-electron chi connectivity index (χ4n) is 4.28. The Labute approximate surface area is 186 Å². The van der Waals surface area contributed by atoms with Crippen LogP contribution in [0.5, 0.6) is 5.75 Å². The molecule has 0 amide bonds. The van der Waals surface area contributed by atoms with Gasteiger partial charge in [0.15, 0.2) is 0 Å². The molecule has 2 nitrogen and oxygen atoms in total. The summed E-state index contributed by atoms with van der Waals surface area (Å²) in [7, 11) is 0.632. The smallest absolute Gasteiger partial charge is 0.122 e. The van der Waals surface area contributed by atoms with Crippen LogP contribution in [-0.2, 0) is 17.1 Å². The molecule has 166 valence electrons. The van der Waals surface area contributed by atoms with Gasteiger partial charge in [0.05, 0.1) is 0 Å². The summed E-state index contributed by atoms with van der Waals surface area (Å²) in [6, 6.07) is 11.1. The van der Waals surface area contributed by atoms with Gasteiger partial charge >= 0.3 is 0 Å². The Hall–Kier alpha value is -1.37. The fraction of sp³-hybridized carbons (Fsp3) is 0.556. The number of nitrogens with one attached hydrogen (secondary N) is 1. The second kappa shape index (κ2) is 10.3. The summed E-state index contributed by atoms with van der Waals surface area (Å²) in [4.78, 5) is 0. The Morgan fingerprint density at radius 2 is 1.70 bits per heavy atom. The molecule has 2 aromatic carbocycles. The molecule has 0 spiro atoms. The van der Waals surface area contributed by atoms with Crippen LogP contribution < -0.4 is 10.6 Å². The first-order chi connectivity index (χ1) is 14.1. The number of aromatic hydroxyl groups is 1. The molecule has 0 aliphatic rings. The Balaban J connectivity index is 2.68. The highest BCUT2D eigenvalue weighted by molar-refractivity contribution is 7.48. The molecule has 0 bridgehead atoms. The van der Waals surface area contributed by atoms with Crippen molar-refractivity contribution in [3.63, 3.8) is 0 Å². The predicted molar refractivity (Wildman–Crippen MR) is 135 cm³/mol. The SMILES string of the molecule is CCCC(CC)(Pc1c(C)cccc1CNCC)c1cc(C(C)(C)C)cc(C)c1O. The molecular weight excluding hydrogens is 385 g/mol. The lowest BCUT2D eigenvalue weighted by atomic mass is 9.81. The monoisotopic (exact) mass is 427 g/mol. The largest absolute Gasteiger partial charge is 0.507 e. The van der Waals surface area contributed by atoms with Gasteiger partial charge in [-0.05, 0) is 66.2 Å². The van der Waals surface area contributed by atoms with Gasteiger partial charge in [0, 0.05) is 17.3 Å². The van der Waals surface area contributed by atoms with Crippen molar-refractivity contribution in [1.29, 1.82) is 0 Å². The topological polar surface area (TPSA) is 32.3 Å². The van der Waals surface area contributed by atoms with Gasteiger partial charge in [-0.2, -0.15) is 0 Å². The second-order valence-electron chi connectivity index (χ2n) is 9.64. The molecule has 0 heterocycles. The van der Waals surface area contributed by atoms with Crippen molar-refractivity contribution in [3.8, 4) is 5.75 Å². The van der Waals surface area contributed by atoms with Crippen LogP contribution in [0.4, 0.5) is 0 Å². The number of rotatable bonds is 9. The van der Waals surface area contributed by atoms with E-state index in [1.807, 2.05) is 6.92 Å². The summed E-state index contributed by atoms with van der Waals surface area (Å²) in [5.41, 5.74) is 6.26. The van der Waals surface area contributed by atoms with Gasteiger partial charge in [-0.1, -0.05) is 86.9 Å². The predicted octanol–water partition coefficient (Wildman–Crippen LogP) is 6.83. The number of hydrogen-bond donors (Lipinski definition) is 2. The van der Waals surface area contributed by atoms with Crippen LogP contribution in [0.2, 0.25) is 0 Å². The number of hydrogen-bond acceptors (Lipinski definition) is 2. The first-order valence-electron chi connectivity index (χ1n) is 11.5. The lowest BCUT2D eigenvalue weighted by molar-refractivity contribution is 0.437. The summed E-state index contributed by atoms with van der Waals surface area (Å²) in [6.45, 7) is 19.7. The molecule has 0 fully saturated rings. The van der Waals surface area contributed by atoms with E-state index in [9.17, 15) is 5.11 Å². The zero-order chi connectivity index (χ0) is 22.5. The number of benzene rings is 2. The molecular formula is C27H42NOP. The van der Waals surface area contributed by atoms with Gasteiger partial charge in [-0.3, -0.25) is 0 Å². The summed E-state index contributed by atoms with van der Waals surface area (Å²) < 4.78 is 0. The molecule has 2 atom stereocenters. The van der Waals surface area contributed by atoms with Crippen LogP contribution in [0.3, 0.4) is 0 Å². The van der Waals surface area contributed by atoms with Crippen LogP contribution in [0.25, 0.3) is 0 Å².